The smallest absolute Gasteiger partial charge is 0.231 e. The summed E-state index contributed by atoms with van der Waals surface area (Å²) in [4.78, 5) is 15.6. The van der Waals surface area contributed by atoms with Gasteiger partial charge in [0.05, 0.1) is 10.6 Å². The molecule has 0 amide bonds. The Hall–Kier alpha value is -1.42. The maximum atomic E-state index is 10.3. The normalized spacial score (nSPS) is 9.87. The van der Waals surface area contributed by atoms with Crippen molar-refractivity contribution in [3.05, 3.63) is 41.4 Å². The van der Waals surface area contributed by atoms with E-state index < -0.39 is 0 Å². The summed E-state index contributed by atoms with van der Waals surface area (Å²) < 4.78 is 0. The summed E-state index contributed by atoms with van der Waals surface area (Å²) >= 11 is 1.56. The number of hydrogen-bond acceptors (Lipinski definition) is 3. The third kappa shape index (κ3) is 2.76. The van der Waals surface area contributed by atoms with E-state index in [1.54, 1.807) is 11.3 Å². The van der Waals surface area contributed by atoms with Crippen LogP contribution in [0.15, 0.2) is 35.7 Å². The molecule has 0 saturated heterocycles. The average molecular weight is 214 g/mol. The molecule has 2 rings (SSSR count). The van der Waals surface area contributed by atoms with E-state index in [1.165, 1.54) is 0 Å². The van der Waals surface area contributed by atoms with Crippen molar-refractivity contribution in [3.8, 4) is 0 Å². The minimum Gasteiger partial charge on any atom is -0.303 e. The minimum absolute atomic E-state index is 0.402. The first-order chi connectivity index (χ1) is 7.38. The zero-order valence-corrected chi connectivity index (χ0v) is 8.91. The second-order valence-corrected chi connectivity index (χ2v) is 3.99. The molecule has 2 aromatic rings. The molecule has 1 heterocycles. The molecule has 0 bridgehead atoms. The molecule has 2 nitrogen and oxygen atoms in total. The number of aldehydes is 1. The Kier molecular flexibility index (Phi) is 3.30. The van der Waals surface area contributed by atoms with E-state index in [0.717, 1.165) is 22.3 Å². The Bertz CT molecular complexity index is 441. The zero-order valence-electron chi connectivity index (χ0n) is 8.09. The molecular weight excluding hydrogens is 205 g/mol. The Labute approximate surface area is 93.2 Å². The average Bonchev–Trinajstić information content (AvgIpc) is 2.68. The van der Waals surface area contributed by atoms with Crippen molar-refractivity contribution in [2.24, 2.45) is 0 Å². The molecule has 73 valence electrons. The van der Waals surface area contributed by atoms with Crippen LogP contribution in [0.3, 0.4) is 0 Å². The highest BCUT2D eigenvalue weighted by Crippen LogP contribution is 1.98. The monoisotopic (exact) mass is 214 g/mol. The van der Waals surface area contributed by atoms with Gasteiger partial charge in [-0.1, -0.05) is 35.8 Å². The van der Waals surface area contributed by atoms with Crippen LogP contribution in [0.2, 0.25) is 0 Å². The van der Waals surface area contributed by atoms with E-state index >= 15 is 0 Å². The van der Waals surface area contributed by atoms with Crippen molar-refractivity contribution in [1.82, 2.24) is 4.98 Å². The van der Waals surface area contributed by atoms with Crippen LogP contribution >= 0.6 is 11.3 Å². The minimum atomic E-state index is 0.402. The molecule has 1 aromatic heterocycles. The summed E-state index contributed by atoms with van der Waals surface area (Å²) in [7, 11) is 2.01. The van der Waals surface area contributed by atoms with Crippen LogP contribution in [0, 0.1) is 0 Å². The van der Waals surface area contributed by atoms with Crippen molar-refractivity contribution in [3.63, 3.8) is 0 Å². The molecule has 1 radical (unpaired) electrons. The SMILES string of the molecule is O=CCc1csc([B]c2ccccc2)n1. The largest absolute Gasteiger partial charge is 0.303 e. The van der Waals surface area contributed by atoms with Gasteiger partial charge in [-0.2, -0.15) is 0 Å². The quantitative estimate of drug-likeness (QED) is 0.549. The molecule has 0 aliphatic rings. The molecule has 0 spiro atoms. The maximum absolute atomic E-state index is 10.3. The Morgan fingerprint density at radius 2 is 2.13 bits per heavy atom. The van der Waals surface area contributed by atoms with E-state index in [4.69, 9.17) is 0 Å². The second kappa shape index (κ2) is 4.89. The highest BCUT2D eigenvalue weighted by molar-refractivity contribution is 7.20. The lowest BCUT2D eigenvalue weighted by Crippen LogP contribution is -2.26. The molecule has 0 aliphatic carbocycles. The number of benzene rings is 1. The van der Waals surface area contributed by atoms with Gasteiger partial charge in [-0.15, -0.1) is 11.3 Å². The number of hydrogen-bond donors (Lipinski definition) is 0. The van der Waals surface area contributed by atoms with Crippen LogP contribution in [0.4, 0.5) is 0 Å². The molecule has 0 saturated carbocycles. The Balaban J connectivity index is 2.08. The summed E-state index contributed by atoms with van der Waals surface area (Å²) in [5.41, 5.74) is 1.97. The fourth-order valence-corrected chi connectivity index (χ4v) is 2.04. The summed E-state index contributed by atoms with van der Waals surface area (Å²) in [5.74, 6) is 0. The molecule has 4 heteroatoms. The molecule has 0 fully saturated rings. The van der Waals surface area contributed by atoms with Crippen LogP contribution in [-0.4, -0.2) is 18.5 Å². The lowest BCUT2D eigenvalue weighted by molar-refractivity contribution is -0.107. The van der Waals surface area contributed by atoms with Crippen molar-refractivity contribution in [1.29, 1.82) is 0 Å². The Morgan fingerprint density at radius 3 is 2.87 bits per heavy atom. The van der Waals surface area contributed by atoms with E-state index in [2.05, 4.69) is 4.98 Å². The number of carbonyl (C=O) groups excluding carboxylic acids is 1. The van der Waals surface area contributed by atoms with Crippen molar-refractivity contribution < 1.29 is 4.79 Å². The van der Waals surface area contributed by atoms with E-state index in [1.807, 2.05) is 43.0 Å². The van der Waals surface area contributed by atoms with Gasteiger partial charge in [0, 0.05) is 11.8 Å². The van der Waals surface area contributed by atoms with Gasteiger partial charge in [0.2, 0.25) is 7.28 Å². The van der Waals surface area contributed by atoms with Gasteiger partial charge in [0.25, 0.3) is 0 Å². The van der Waals surface area contributed by atoms with E-state index in [9.17, 15) is 4.79 Å². The number of carbonyl (C=O) groups is 1. The summed E-state index contributed by atoms with van der Waals surface area (Å²) in [6, 6.07) is 10.0. The molecule has 0 unspecified atom stereocenters. The highest BCUT2D eigenvalue weighted by Gasteiger charge is 2.04. The topological polar surface area (TPSA) is 30.0 Å². The lowest BCUT2D eigenvalue weighted by atomic mass is 9.71. The van der Waals surface area contributed by atoms with Crippen molar-refractivity contribution in [2.45, 2.75) is 6.42 Å². The van der Waals surface area contributed by atoms with Crippen LogP contribution in [0.1, 0.15) is 5.69 Å². The van der Waals surface area contributed by atoms with E-state index in [0.29, 0.717) is 6.42 Å². The van der Waals surface area contributed by atoms with E-state index in [-0.39, 0.29) is 0 Å². The molecule has 0 aliphatic heterocycles. The first kappa shape index (κ1) is 10.1. The molecule has 0 N–H and O–H groups in total. The van der Waals surface area contributed by atoms with Gasteiger partial charge in [0.15, 0.2) is 0 Å². The fraction of sp³-hybridized carbons (Fsp3) is 0.0909. The van der Waals surface area contributed by atoms with Crippen LogP contribution < -0.4 is 10.4 Å². The summed E-state index contributed by atoms with van der Waals surface area (Å²) in [6.07, 6.45) is 1.28. The van der Waals surface area contributed by atoms with Gasteiger partial charge < -0.3 is 4.79 Å². The van der Waals surface area contributed by atoms with Gasteiger partial charge >= 0.3 is 0 Å². The Morgan fingerprint density at radius 1 is 1.33 bits per heavy atom. The first-order valence-electron chi connectivity index (χ1n) is 4.66. The third-order valence-corrected chi connectivity index (χ3v) is 2.79. The molecule has 15 heavy (non-hydrogen) atoms. The maximum Gasteiger partial charge on any atom is 0.231 e. The van der Waals surface area contributed by atoms with Crippen LogP contribution in [-0.2, 0) is 11.2 Å². The fourth-order valence-electron chi connectivity index (χ4n) is 1.26. The number of rotatable bonds is 4. The molecule has 0 atom stereocenters. The predicted molar refractivity (Wildman–Crippen MR) is 63.3 cm³/mol. The third-order valence-electron chi connectivity index (χ3n) is 1.95. The summed E-state index contributed by atoms with van der Waals surface area (Å²) in [5, 5.41) is 1.92. The van der Waals surface area contributed by atoms with Gasteiger partial charge in [-0.05, 0) is 0 Å². The highest BCUT2D eigenvalue weighted by atomic mass is 32.1. The lowest BCUT2D eigenvalue weighted by Gasteiger charge is -1.93. The van der Waals surface area contributed by atoms with Gasteiger partial charge in [-0.3, -0.25) is 4.98 Å². The van der Waals surface area contributed by atoms with Crippen LogP contribution in [0.25, 0.3) is 0 Å². The number of thiazole rings is 1. The first-order valence-corrected chi connectivity index (χ1v) is 5.54. The van der Waals surface area contributed by atoms with Gasteiger partial charge in [0.1, 0.15) is 6.29 Å². The predicted octanol–water partition coefficient (Wildman–Crippen LogP) is 0.539. The standard InChI is InChI=1S/C11H9BNOS/c14-7-6-10-8-15-11(13-10)12-9-4-2-1-3-5-9/h1-5,7-8H,6H2. The number of nitrogens with zero attached hydrogens (tertiary/aromatic N) is 1. The number of aromatic nitrogens is 1. The van der Waals surface area contributed by atoms with Crippen LogP contribution in [0.5, 0.6) is 0 Å². The molecular formula is C11H9BNOS. The molecule has 1 aromatic carbocycles. The second-order valence-electron chi connectivity index (χ2n) is 3.10. The zero-order chi connectivity index (χ0) is 10.5. The van der Waals surface area contributed by atoms with Crippen molar-refractivity contribution >= 4 is 35.3 Å². The summed E-state index contributed by atoms with van der Waals surface area (Å²) in [6.45, 7) is 0. The van der Waals surface area contributed by atoms with Crippen molar-refractivity contribution in [2.75, 3.05) is 0 Å². The van der Waals surface area contributed by atoms with Gasteiger partial charge in [-0.25, -0.2) is 0 Å².